The minimum Gasteiger partial charge on any atom is -0.396 e. The lowest BCUT2D eigenvalue weighted by molar-refractivity contribution is 0.000881. The lowest BCUT2D eigenvalue weighted by Gasteiger charge is -2.36. The van der Waals surface area contributed by atoms with E-state index >= 15 is 0 Å². The zero-order valence-electron chi connectivity index (χ0n) is 15.0. The fourth-order valence-corrected chi connectivity index (χ4v) is 4.03. The van der Waals surface area contributed by atoms with Crippen molar-refractivity contribution in [1.29, 1.82) is 0 Å². The van der Waals surface area contributed by atoms with E-state index in [-0.39, 0.29) is 25.0 Å². The van der Waals surface area contributed by atoms with Gasteiger partial charge in [0.05, 0.1) is 11.7 Å². The molecule has 0 radical (unpaired) electrons. The minimum absolute atomic E-state index is 0.0360. The van der Waals surface area contributed by atoms with Crippen molar-refractivity contribution in [2.75, 3.05) is 31.6 Å². The Bertz CT molecular complexity index is 589. The molecule has 1 amide bonds. The van der Waals surface area contributed by atoms with Crippen molar-refractivity contribution in [2.45, 2.75) is 50.7 Å². The second kappa shape index (κ2) is 8.15. The molecule has 1 saturated carbocycles. The van der Waals surface area contributed by atoms with Crippen molar-refractivity contribution in [3.8, 4) is 0 Å². The average Bonchev–Trinajstić information content (AvgIpc) is 2.67. The summed E-state index contributed by atoms with van der Waals surface area (Å²) in [6.45, 7) is 0.792. The molecule has 2 fully saturated rings. The number of β-amino-alcohol motifs (C(OH)–C–C–N with tert-alkyl or cyclic N) is 1. The molecule has 6 heteroatoms. The molecule has 2 atom stereocenters. The number of aliphatic hydroxyl groups is 2. The maximum Gasteiger partial charge on any atom is 0.257 e. The standard InChI is InChI=1S/C19H29N3O3/c1-21(15-6-3-2-4-7-15)18-16(8-5-10-20-18)19(25)22-11-9-14(13-23)17(24)12-22/h5,8,10,14-15,17,23-24H,2-4,6-7,9,11-13H2,1H3/t14-,17+/m1/s1. The Kier molecular flexibility index (Phi) is 5.91. The van der Waals surface area contributed by atoms with Gasteiger partial charge < -0.3 is 20.0 Å². The molecule has 1 aliphatic heterocycles. The summed E-state index contributed by atoms with van der Waals surface area (Å²) in [7, 11) is 2.03. The van der Waals surface area contributed by atoms with Crippen molar-refractivity contribution in [1.82, 2.24) is 9.88 Å². The van der Waals surface area contributed by atoms with E-state index in [1.165, 1.54) is 19.3 Å². The smallest absolute Gasteiger partial charge is 0.257 e. The summed E-state index contributed by atoms with van der Waals surface area (Å²) in [5, 5.41) is 19.4. The number of hydrogen-bond acceptors (Lipinski definition) is 5. The van der Waals surface area contributed by atoms with Gasteiger partial charge in [0, 0.05) is 44.9 Å². The molecule has 1 aromatic heterocycles. The summed E-state index contributed by atoms with van der Waals surface area (Å²) < 4.78 is 0. The van der Waals surface area contributed by atoms with Crippen LogP contribution in [0.2, 0.25) is 0 Å². The number of aromatic nitrogens is 1. The molecule has 3 rings (SSSR count). The van der Waals surface area contributed by atoms with E-state index < -0.39 is 6.10 Å². The number of nitrogens with zero attached hydrogens (tertiary/aromatic N) is 3. The molecular formula is C19H29N3O3. The van der Waals surface area contributed by atoms with Crippen LogP contribution in [0.5, 0.6) is 0 Å². The second-order valence-electron chi connectivity index (χ2n) is 7.33. The third kappa shape index (κ3) is 3.96. The van der Waals surface area contributed by atoms with Crippen LogP contribution in [-0.2, 0) is 0 Å². The van der Waals surface area contributed by atoms with E-state index in [1.807, 2.05) is 13.1 Å². The molecule has 2 N–H and O–H groups in total. The van der Waals surface area contributed by atoms with Gasteiger partial charge in [-0.2, -0.15) is 0 Å². The van der Waals surface area contributed by atoms with Gasteiger partial charge in [0.15, 0.2) is 0 Å². The predicted molar refractivity (Wildman–Crippen MR) is 96.6 cm³/mol. The molecule has 6 nitrogen and oxygen atoms in total. The fraction of sp³-hybridized carbons (Fsp3) is 0.684. The molecule has 0 unspecified atom stereocenters. The van der Waals surface area contributed by atoms with Crippen LogP contribution in [0.4, 0.5) is 5.82 Å². The van der Waals surface area contributed by atoms with Crippen molar-refractivity contribution in [3.05, 3.63) is 23.9 Å². The first kappa shape index (κ1) is 18.1. The highest BCUT2D eigenvalue weighted by Crippen LogP contribution is 2.28. The number of rotatable bonds is 4. The van der Waals surface area contributed by atoms with E-state index in [1.54, 1.807) is 17.2 Å². The molecular weight excluding hydrogens is 318 g/mol. The number of carbonyl (C=O) groups is 1. The summed E-state index contributed by atoms with van der Waals surface area (Å²) in [6.07, 6.45) is 7.71. The number of likely N-dealkylation sites (tertiary alicyclic amines) is 1. The van der Waals surface area contributed by atoms with E-state index in [0.29, 0.717) is 24.6 Å². The Balaban J connectivity index is 1.77. The van der Waals surface area contributed by atoms with E-state index in [2.05, 4.69) is 9.88 Å². The zero-order valence-corrected chi connectivity index (χ0v) is 15.0. The normalized spacial score (nSPS) is 25.0. The summed E-state index contributed by atoms with van der Waals surface area (Å²) in [6, 6.07) is 4.05. The maximum atomic E-state index is 13.0. The summed E-state index contributed by atoms with van der Waals surface area (Å²) in [5.41, 5.74) is 0.602. The number of piperidine rings is 1. The topological polar surface area (TPSA) is 76.9 Å². The Hall–Kier alpha value is -1.66. The maximum absolute atomic E-state index is 13.0. The molecule has 0 aromatic carbocycles. The van der Waals surface area contributed by atoms with E-state index in [4.69, 9.17) is 0 Å². The van der Waals surface area contributed by atoms with Crippen LogP contribution in [0, 0.1) is 5.92 Å². The first-order valence-corrected chi connectivity index (χ1v) is 9.38. The third-order valence-corrected chi connectivity index (χ3v) is 5.72. The number of pyridine rings is 1. The Morgan fingerprint density at radius 3 is 2.76 bits per heavy atom. The van der Waals surface area contributed by atoms with Crippen LogP contribution in [0.1, 0.15) is 48.9 Å². The number of aliphatic hydroxyl groups excluding tert-OH is 2. The van der Waals surface area contributed by atoms with Crippen molar-refractivity contribution in [3.63, 3.8) is 0 Å². The van der Waals surface area contributed by atoms with Crippen LogP contribution in [0.3, 0.4) is 0 Å². The van der Waals surface area contributed by atoms with Gasteiger partial charge in [0.1, 0.15) is 5.82 Å². The third-order valence-electron chi connectivity index (χ3n) is 5.72. The monoisotopic (exact) mass is 347 g/mol. The van der Waals surface area contributed by atoms with E-state index in [9.17, 15) is 15.0 Å². The van der Waals surface area contributed by atoms with Gasteiger partial charge in [0.25, 0.3) is 5.91 Å². The number of amides is 1. The largest absolute Gasteiger partial charge is 0.396 e. The lowest BCUT2D eigenvalue weighted by Crippen LogP contribution is -2.48. The van der Waals surface area contributed by atoms with Crippen LogP contribution in [0.15, 0.2) is 18.3 Å². The minimum atomic E-state index is -0.668. The van der Waals surface area contributed by atoms with Gasteiger partial charge in [-0.3, -0.25) is 4.79 Å². The van der Waals surface area contributed by atoms with Crippen LogP contribution in [0.25, 0.3) is 0 Å². The van der Waals surface area contributed by atoms with Crippen LogP contribution in [-0.4, -0.2) is 64.9 Å². The molecule has 1 aromatic rings. The molecule has 1 saturated heterocycles. The highest BCUT2D eigenvalue weighted by molar-refractivity contribution is 5.99. The second-order valence-corrected chi connectivity index (χ2v) is 7.33. The predicted octanol–water partition coefficient (Wildman–Crippen LogP) is 1.67. The zero-order chi connectivity index (χ0) is 17.8. The lowest BCUT2D eigenvalue weighted by atomic mass is 9.93. The number of anilines is 1. The molecule has 0 bridgehead atoms. The fourth-order valence-electron chi connectivity index (χ4n) is 4.03. The van der Waals surface area contributed by atoms with Crippen LogP contribution < -0.4 is 4.90 Å². The molecule has 25 heavy (non-hydrogen) atoms. The first-order valence-electron chi connectivity index (χ1n) is 9.38. The van der Waals surface area contributed by atoms with Gasteiger partial charge in [0.2, 0.25) is 0 Å². The summed E-state index contributed by atoms with van der Waals surface area (Å²) in [5.74, 6) is 0.515. The quantitative estimate of drug-likeness (QED) is 0.866. The van der Waals surface area contributed by atoms with Crippen LogP contribution >= 0.6 is 0 Å². The Morgan fingerprint density at radius 1 is 1.32 bits per heavy atom. The first-order chi connectivity index (χ1) is 12.1. The van der Waals surface area contributed by atoms with Crippen molar-refractivity contribution in [2.24, 2.45) is 5.92 Å². The van der Waals surface area contributed by atoms with E-state index in [0.717, 1.165) is 18.7 Å². The SMILES string of the molecule is CN(c1ncccc1C(=O)N1CC[C@H](CO)[C@@H](O)C1)C1CCCCC1. The van der Waals surface area contributed by atoms with Gasteiger partial charge in [-0.15, -0.1) is 0 Å². The molecule has 138 valence electrons. The Morgan fingerprint density at radius 2 is 2.08 bits per heavy atom. The average molecular weight is 347 g/mol. The van der Waals surface area contributed by atoms with Crippen molar-refractivity contribution >= 4 is 11.7 Å². The Labute approximate surface area is 149 Å². The number of carbonyl (C=O) groups excluding carboxylic acids is 1. The molecule has 1 aliphatic carbocycles. The highest BCUT2D eigenvalue weighted by atomic mass is 16.3. The molecule has 0 spiro atoms. The van der Waals surface area contributed by atoms with Gasteiger partial charge in [-0.1, -0.05) is 19.3 Å². The van der Waals surface area contributed by atoms with Crippen molar-refractivity contribution < 1.29 is 15.0 Å². The molecule has 2 heterocycles. The molecule has 2 aliphatic rings. The van der Waals surface area contributed by atoms with Gasteiger partial charge in [-0.05, 0) is 31.4 Å². The summed E-state index contributed by atoms with van der Waals surface area (Å²) in [4.78, 5) is 21.4. The number of hydrogen-bond donors (Lipinski definition) is 2. The van der Waals surface area contributed by atoms with Gasteiger partial charge >= 0.3 is 0 Å². The van der Waals surface area contributed by atoms with Gasteiger partial charge in [-0.25, -0.2) is 4.98 Å². The highest BCUT2D eigenvalue weighted by Gasteiger charge is 2.32. The summed E-state index contributed by atoms with van der Waals surface area (Å²) >= 11 is 0.